The Morgan fingerprint density at radius 3 is 1.44 bits per heavy atom. The van der Waals surface area contributed by atoms with Crippen molar-refractivity contribution in [2.24, 2.45) is 0 Å². The summed E-state index contributed by atoms with van der Waals surface area (Å²) in [6.45, 7) is 0. The fourth-order valence-electron chi connectivity index (χ4n) is 4.95. The van der Waals surface area contributed by atoms with Crippen molar-refractivity contribution < 1.29 is 28.6 Å². The Bertz CT molecular complexity index is 2110. The smallest absolute Gasteiger partial charge is 0.257 e. The molecule has 7 aromatic rings. The van der Waals surface area contributed by atoms with Gasteiger partial charge in [0.2, 0.25) is 0 Å². The first-order valence-electron chi connectivity index (χ1n) is 14.4. The number of fused-ring (bicyclic) bond motifs is 3. The molecule has 0 saturated carbocycles. The number of carbonyl (C=O) groups excluding carboxylic acids is 3. The summed E-state index contributed by atoms with van der Waals surface area (Å²) < 4.78 is 18.4. The number of carbonyl (C=O) groups is 3. The molecule has 0 spiro atoms. The van der Waals surface area contributed by atoms with Gasteiger partial charge < -0.3 is 14.2 Å². The molecule has 0 radical (unpaired) electrons. The average molecular weight is 696 g/mol. The minimum Gasteiger partial charge on any atom is -0.497 e. The van der Waals surface area contributed by atoms with Crippen LogP contribution in [0.1, 0.15) is 36.1 Å². The number of nitrogens with one attached hydrogen (secondary N) is 2. The molecule has 0 aliphatic carbocycles. The van der Waals surface area contributed by atoms with Crippen molar-refractivity contribution in [2.45, 2.75) is 6.42 Å². The van der Waals surface area contributed by atoms with Crippen LogP contribution in [0.3, 0.4) is 0 Å². The van der Waals surface area contributed by atoms with Crippen molar-refractivity contribution in [3.8, 4) is 17.2 Å². The number of hydrogen-bond acceptors (Lipinski definition) is 12. The van der Waals surface area contributed by atoms with E-state index >= 15 is 0 Å². The van der Waals surface area contributed by atoms with Gasteiger partial charge in [-0.3, -0.25) is 25.0 Å². The van der Waals surface area contributed by atoms with Gasteiger partial charge in [0.1, 0.15) is 22.3 Å². The summed E-state index contributed by atoms with van der Waals surface area (Å²) in [5.74, 6) is 0.686. The van der Waals surface area contributed by atoms with E-state index in [4.69, 9.17) is 14.2 Å². The molecule has 0 fully saturated rings. The molecule has 3 aromatic heterocycles. The van der Waals surface area contributed by atoms with Crippen LogP contribution in [-0.2, 0) is 6.42 Å². The van der Waals surface area contributed by atoms with E-state index < -0.39 is 11.8 Å². The first kappa shape index (κ1) is 31.2. The molecule has 0 saturated heterocycles. The highest BCUT2D eigenvalue weighted by molar-refractivity contribution is 7.22. The van der Waals surface area contributed by atoms with E-state index in [-0.39, 0.29) is 28.9 Å². The van der Waals surface area contributed by atoms with Crippen LogP contribution in [0.4, 0.5) is 10.3 Å². The molecular formula is C34H25N5O6S3. The van der Waals surface area contributed by atoms with Gasteiger partial charge in [-0.15, -0.1) is 11.3 Å². The number of ketones is 1. The Morgan fingerprint density at radius 2 is 0.979 bits per heavy atom. The molecule has 0 aliphatic rings. The molecular weight excluding hydrogens is 671 g/mol. The molecule has 0 unspecified atom stereocenters. The maximum atomic E-state index is 13.7. The lowest BCUT2D eigenvalue weighted by Gasteiger charge is -2.09. The van der Waals surface area contributed by atoms with Gasteiger partial charge >= 0.3 is 0 Å². The highest BCUT2D eigenvalue weighted by Gasteiger charge is 2.20. The summed E-state index contributed by atoms with van der Waals surface area (Å²) in [6, 6.07) is 20.8. The molecule has 48 heavy (non-hydrogen) atoms. The van der Waals surface area contributed by atoms with Crippen LogP contribution in [0.5, 0.6) is 17.2 Å². The van der Waals surface area contributed by atoms with Gasteiger partial charge in [0.25, 0.3) is 11.8 Å². The maximum Gasteiger partial charge on any atom is 0.257 e. The molecule has 0 aliphatic heterocycles. The van der Waals surface area contributed by atoms with E-state index in [2.05, 4.69) is 25.6 Å². The third-order valence-electron chi connectivity index (χ3n) is 7.36. The SMILES string of the molecule is COc1ccc2nc(CC(=O)c3cc(C(=O)Nc4nc5ccc(OC)cc5s4)cc(C(=O)Nc4nc5ccc(OC)cc5s4)c3)sc2c1. The highest BCUT2D eigenvalue weighted by Crippen LogP contribution is 2.32. The van der Waals surface area contributed by atoms with Crippen molar-refractivity contribution in [2.75, 3.05) is 32.0 Å². The topological polar surface area (TPSA) is 142 Å². The third kappa shape index (κ3) is 6.40. The number of nitrogens with zero attached hydrogens (tertiary/aromatic N) is 3. The van der Waals surface area contributed by atoms with E-state index in [9.17, 15) is 14.4 Å². The van der Waals surface area contributed by atoms with Crippen LogP contribution in [0.2, 0.25) is 0 Å². The molecule has 0 atom stereocenters. The average Bonchev–Trinajstić information content (AvgIpc) is 3.82. The summed E-state index contributed by atoms with van der Waals surface area (Å²) in [5.41, 5.74) is 2.56. The minimum absolute atomic E-state index is 0.0206. The normalized spacial score (nSPS) is 11.1. The Balaban J connectivity index is 1.19. The second-order valence-electron chi connectivity index (χ2n) is 10.5. The van der Waals surface area contributed by atoms with E-state index in [1.54, 1.807) is 45.6 Å². The standard InChI is InChI=1S/C34H25N5O6S3/c1-43-20-4-7-23-27(13-20)46-30(35-23)16-26(40)17-10-18(31(41)38-33-36-24-8-5-21(44-2)14-28(24)47-33)12-19(11-17)32(42)39-34-37-25-9-6-22(45-3)15-29(25)48-34/h4-15H,16H2,1-3H3,(H,36,38,41)(H,37,39,42). The zero-order valence-electron chi connectivity index (χ0n) is 25.7. The number of Topliss-reactive ketones (excluding diaryl/α,β-unsaturated/α-hetero) is 1. The van der Waals surface area contributed by atoms with Crippen LogP contribution in [0, 0.1) is 0 Å². The number of thiazole rings is 3. The van der Waals surface area contributed by atoms with Crippen molar-refractivity contribution in [3.63, 3.8) is 0 Å². The number of methoxy groups -OCH3 is 3. The Kier molecular flexibility index (Phi) is 8.43. The van der Waals surface area contributed by atoms with Gasteiger partial charge in [-0.1, -0.05) is 22.7 Å². The molecule has 14 heteroatoms. The predicted octanol–water partition coefficient (Wildman–Crippen LogP) is 7.47. The van der Waals surface area contributed by atoms with Crippen molar-refractivity contribution in [1.29, 1.82) is 0 Å². The van der Waals surface area contributed by atoms with Crippen LogP contribution < -0.4 is 24.8 Å². The summed E-state index contributed by atoms with van der Waals surface area (Å²) >= 11 is 3.95. The predicted molar refractivity (Wildman–Crippen MR) is 189 cm³/mol. The van der Waals surface area contributed by atoms with Crippen LogP contribution in [-0.4, -0.2) is 53.9 Å². The molecule has 240 valence electrons. The number of benzene rings is 4. The monoisotopic (exact) mass is 695 g/mol. The van der Waals surface area contributed by atoms with Gasteiger partial charge in [-0.05, 0) is 72.8 Å². The second-order valence-corrected chi connectivity index (χ2v) is 13.6. The highest BCUT2D eigenvalue weighted by atomic mass is 32.1. The molecule has 2 amide bonds. The number of hydrogen-bond donors (Lipinski definition) is 2. The molecule has 3 heterocycles. The van der Waals surface area contributed by atoms with Crippen LogP contribution in [0.15, 0.2) is 72.8 Å². The van der Waals surface area contributed by atoms with Crippen molar-refractivity contribution in [3.05, 3.63) is 94.5 Å². The Morgan fingerprint density at radius 1 is 0.562 bits per heavy atom. The molecule has 0 bridgehead atoms. The fourth-order valence-corrected chi connectivity index (χ4v) is 7.73. The summed E-state index contributed by atoms with van der Waals surface area (Å²) in [6.07, 6.45) is -0.0206. The molecule has 11 nitrogen and oxygen atoms in total. The van der Waals surface area contributed by atoms with Gasteiger partial charge in [-0.25, -0.2) is 15.0 Å². The number of anilines is 2. The summed E-state index contributed by atoms with van der Waals surface area (Å²) in [5, 5.41) is 6.95. The van der Waals surface area contributed by atoms with E-state index in [1.807, 2.05) is 30.3 Å². The number of aromatic nitrogens is 3. The van der Waals surface area contributed by atoms with E-state index in [0.29, 0.717) is 43.6 Å². The first-order chi connectivity index (χ1) is 23.3. The summed E-state index contributed by atoms with van der Waals surface area (Å²) in [7, 11) is 4.75. The minimum atomic E-state index is -0.524. The lowest BCUT2D eigenvalue weighted by molar-refractivity contribution is 0.0993. The van der Waals surface area contributed by atoms with Gasteiger partial charge in [0, 0.05) is 16.7 Å². The van der Waals surface area contributed by atoms with Crippen molar-refractivity contribution in [1.82, 2.24) is 15.0 Å². The number of amides is 2. The van der Waals surface area contributed by atoms with Crippen molar-refractivity contribution >= 4 is 92.5 Å². The van der Waals surface area contributed by atoms with E-state index in [1.165, 1.54) is 52.2 Å². The largest absolute Gasteiger partial charge is 0.497 e. The van der Waals surface area contributed by atoms with Gasteiger partial charge in [0.05, 0.1) is 58.4 Å². The molecule has 4 aromatic carbocycles. The van der Waals surface area contributed by atoms with E-state index in [0.717, 1.165) is 19.6 Å². The van der Waals surface area contributed by atoms with Crippen LogP contribution >= 0.6 is 34.0 Å². The Hall–Kier alpha value is -5.44. The fraction of sp³-hybridized carbons (Fsp3) is 0.118. The van der Waals surface area contributed by atoms with Gasteiger partial charge in [-0.2, -0.15) is 0 Å². The maximum absolute atomic E-state index is 13.7. The Labute approximate surface area is 285 Å². The zero-order valence-corrected chi connectivity index (χ0v) is 28.1. The quantitative estimate of drug-likeness (QED) is 0.139. The number of ether oxygens (including phenoxy) is 3. The number of rotatable bonds is 10. The molecule has 2 N–H and O–H groups in total. The summed E-state index contributed by atoms with van der Waals surface area (Å²) in [4.78, 5) is 54.4. The third-order valence-corrected chi connectivity index (χ3v) is 10.2. The van der Waals surface area contributed by atoms with Gasteiger partial charge in [0.15, 0.2) is 16.0 Å². The lowest BCUT2D eigenvalue weighted by atomic mass is 10.0. The second kappa shape index (κ2) is 13.0. The first-order valence-corrected chi connectivity index (χ1v) is 16.9. The molecule has 7 rings (SSSR count). The lowest BCUT2D eigenvalue weighted by Crippen LogP contribution is -2.17. The van der Waals surface area contributed by atoms with Crippen LogP contribution in [0.25, 0.3) is 30.6 Å². The zero-order chi connectivity index (χ0) is 33.4.